The van der Waals surface area contributed by atoms with Gasteiger partial charge in [-0.3, -0.25) is 14.4 Å². The van der Waals surface area contributed by atoms with E-state index in [1.54, 1.807) is 6.92 Å². The summed E-state index contributed by atoms with van der Waals surface area (Å²) in [5.74, 6) is 1.10. The van der Waals surface area contributed by atoms with Gasteiger partial charge in [0.2, 0.25) is 0 Å². The molecule has 0 heterocycles. The molecule has 4 rings (SSSR count). The molecule has 4 aliphatic rings. The van der Waals surface area contributed by atoms with E-state index in [-0.39, 0.29) is 28.4 Å². The first-order chi connectivity index (χ1) is 13.0. The minimum atomic E-state index is -0.991. The van der Waals surface area contributed by atoms with Crippen molar-refractivity contribution in [2.75, 3.05) is 0 Å². The molecule has 0 bridgehead atoms. The van der Waals surface area contributed by atoms with Gasteiger partial charge in [0.15, 0.2) is 17.2 Å². The number of carbonyl (C=O) groups is 3. The van der Waals surface area contributed by atoms with E-state index < -0.39 is 5.60 Å². The molecule has 0 radical (unpaired) electrons. The molecule has 0 spiro atoms. The van der Waals surface area contributed by atoms with Crippen LogP contribution in [0.5, 0.6) is 0 Å². The third-order valence-corrected chi connectivity index (χ3v) is 8.94. The Balaban J connectivity index is 1.75. The molecule has 0 aromatic carbocycles. The summed E-state index contributed by atoms with van der Waals surface area (Å²) in [7, 11) is 0. The Morgan fingerprint density at radius 2 is 1.79 bits per heavy atom. The van der Waals surface area contributed by atoms with E-state index in [1.807, 2.05) is 6.08 Å². The number of fused-ring (bicyclic) bond motifs is 5. The maximum atomic E-state index is 12.8. The van der Waals surface area contributed by atoms with Crippen LogP contribution in [0.2, 0.25) is 0 Å². The fourth-order valence-corrected chi connectivity index (χ4v) is 7.63. The Hall–Kier alpha value is -1.71. The van der Waals surface area contributed by atoms with E-state index in [1.165, 1.54) is 12.5 Å². The van der Waals surface area contributed by atoms with Crippen LogP contribution in [0.4, 0.5) is 0 Å². The van der Waals surface area contributed by atoms with Gasteiger partial charge in [-0.2, -0.15) is 0 Å². The van der Waals surface area contributed by atoms with Gasteiger partial charge in [-0.15, -0.1) is 0 Å². The highest BCUT2D eigenvalue weighted by Crippen LogP contribution is 2.68. The number of esters is 1. The van der Waals surface area contributed by atoms with E-state index >= 15 is 0 Å². The zero-order chi connectivity index (χ0) is 20.5. The van der Waals surface area contributed by atoms with Crippen LogP contribution >= 0.6 is 0 Å². The Morgan fingerprint density at radius 1 is 1.11 bits per heavy atom. The number of carbonyl (C=O) groups excluding carboxylic acids is 3. The number of ether oxygens (including phenoxy) is 1. The Kier molecular flexibility index (Phi) is 4.30. The van der Waals surface area contributed by atoms with Crippen molar-refractivity contribution < 1.29 is 19.1 Å². The van der Waals surface area contributed by atoms with Crippen molar-refractivity contribution >= 4 is 17.5 Å². The van der Waals surface area contributed by atoms with E-state index in [2.05, 4.69) is 20.4 Å². The summed E-state index contributed by atoms with van der Waals surface area (Å²) in [6, 6.07) is 0. The quantitative estimate of drug-likeness (QED) is 0.654. The molecule has 0 N–H and O–H groups in total. The van der Waals surface area contributed by atoms with Crippen LogP contribution in [-0.4, -0.2) is 23.1 Å². The van der Waals surface area contributed by atoms with Gasteiger partial charge in [0.05, 0.1) is 0 Å². The minimum Gasteiger partial charge on any atom is -0.451 e. The van der Waals surface area contributed by atoms with Crippen LogP contribution in [0.25, 0.3) is 0 Å². The van der Waals surface area contributed by atoms with Crippen molar-refractivity contribution in [1.29, 1.82) is 0 Å². The van der Waals surface area contributed by atoms with Crippen LogP contribution in [0.1, 0.15) is 72.6 Å². The monoisotopic (exact) mass is 384 g/mol. The van der Waals surface area contributed by atoms with Gasteiger partial charge in [-0.05, 0) is 80.3 Å². The summed E-state index contributed by atoms with van der Waals surface area (Å²) in [5, 5.41) is 0. The molecule has 0 amide bonds. The van der Waals surface area contributed by atoms with Crippen LogP contribution in [-0.2, 0) is 19.1 Å². The molecule has 0 unspecified atom stereocenters. The first kappa shape index (κ1) is 19.6. The molecular formula is C24H32O4. The van der Waals surface area contributed by atoms with Gasteiger partial charge in [0, 0.05) is 18.8 Å². The summed E-state index contributed by atoms with van der Waals surface area (Å²) in [4.78, 5) is 36.7. The Labute approximate surface area is 167 Å². The molecule has 0 saturated heterocycles. The molecule has 0 aromatic rings. The summed E-state index contributed by atoms with van der Waals surface area (Å²) in [6.07, 6.45) is 7.66. The summed E-state index contributed by atoms with van der Waals surface area (Å²) >= 11 is 0. The highest BCUT2D eigenvalue weighted by molar-refractivity contribution is 5.92. The van der Waals surface area contributed by atoms with E-state index in [4.69, 9.17) is 4.74 Å². The van der Waals surface area contributed by atoms with Gasteiger partial charge < -0.3 is 4.74 Å². The smallest absolute Gasteiger partial charge is 0.303 e. The first-order valence-corrected chi connectivity index (χ1v) is 10.7. The van der Waals surface area contributed by atoms with Crippen molar-refractivity contribution in [3.63, 3.8) is 0 Å². The molecular weight excluding hydrogens is 352 g/mol. The topological polar surface area (TPSA) is 60.4 Å². The zero-order valence-corrected chi connectivity index (χ0v) is 17.6. The van der Waals surface area contributed by atoms with Gasteiger partial charge >= 0.3 is 5.97 Å². The molecule has 4 heteroatoms. The zero-order valence-electron chi connectivity index (χ0n) is 17.6. The van der Waals surface area contributed by atoms with E-state index in [9.17, 15) is 14.4 Å². The largest absolute Gasteiger partial charge is 0.451 e. The summed E-state index contributed by atoms with van der Waals surface area (Å²) < 4.78 is 5.82. The molecule has 4 aliphatic carbocycles. The third kappa shape index (κ3) is 2.39. The van der Waals surface area contributed by atoms with Gasteiger partial charge in [0.1, 0.15) is 0 Å². The van der Waals surface area contributed by atoms with Crippen molar-refractivity contribution in [1.82, 2.24) is 0 Å². The molecule has 4 nitrogen and oxygen atoms in total. The normalized spacial score (nSPS) is 44.9. The van der Waals surface area contributed by atoms with Crippen LogP contribution in [0.3, 0.4) is 0 Å². The van der Waals surface area contributed by atoms with Gasteiger partial charge in [-0.25, -0.2) is 0 Å². The molecule has 152 valence electrons. The molecule has 3 fully saturated rings. The second kappa shape index (κ2) is 6.14. The SMILES string of the molecule is C=C1C[C@@H]2[C@H](CC[C@]3(C)[C@H]2CC[C@]3(OC(C)=O)C(C)=O)[C@]2(C)CCC(=O)C=C12. The lowest BCUT2D eigenvalue weighted by molar-refractivity contribution is -0.186. The fourth-order valence-electron chi connectivity index (χ4n) is 7.63. The van der Waals surface area contributed by atoms with Crippen molar-refractivity contribution in [2.24, 2.45) is 28.6 Å². The minimum absolute atomic E-state index is 0.00184. The first-order valence-electron chi connectivity index (χ1n) is 10.7. The number of Topliss-reactive ketones (excluding diaryl/α,β-unsaturated/α-hetero) is 1. The van der Waals surface area contributed by atoms with Crippen LogP contribution in [0, 0.1) is 28.6 Å². The molecule has 28 heavy (non-hydrogen) atoms. The highest BCUT2D eigenvalue weighted by Gasteiger charge is 2.68. The van der Waals surface area contributed by atoms with Crippen LogP contribution < -0.4 is 0 Å². The van der Waals surface area contributed by atoms with Crippen molar-refractivity contribution in [3.05, 3.63) is 23.8 Å². The molecule has 0 aliphatic heterocycles. The molecule has 6 atom stereocenters. The lowest BCUT2D eigenvalue weighted by atomic mass is 9.45. The number of hydrogen-bond acceptors (Lipinski definition) is 4. The van der Waals surface area contributed by atoms with E-state index in [0.29, 0.717) is 30.6 Å². The maximum Gasteiger partial charge on any atom is 0.303 e. The van der Waals surface area contributed by atoms with Crippen molar-refractivity contribution in [3.8, 4) is 0 Å². The summed E-state index contributed by atoms with van der Waals surface area (Å²) in [5.41, 5.74) is 0.944. The second-order valence-corrected chi connectivity index (χ2v) is 10.1. The average Bonchev–Trinajstić information content (AvgIpc) is 2.90. The predicted octanol–water partition coefficient (Wildman–Crippen LogP) is 4.58. The average molecular weight is 385 g/mol. The van der Waals surface area contributed by atoms with Gasteiger partial charge in [0.25, 0.3) is 0 Å². The number of rotatable bonds is 2. The lowest BCUT2D eigenvalue weighted by Gasteiger charge is -2.59. The number of hydrogen-bond donors (Lipinski definition) is 0. The van der Waals surface area contributed by atoms with Crippen LogP contribution in [0.15, 0.2) is 23.8 Å². The fraction of sp³-hybridized carbons (Fsp3) is 0.708. The summed E-state index contributed by atoms with van der Waals surface area (Å²) in [6.45, 7) is 11.8. The van der Waals surface area contributed by atoms with Gasteiger partial charge in [-0.1, -0.05) is 26.0 Å². The lowest BCUT2D eigenvalue weighted by Crippen LogP contribution is -2.58. The predicted molar refractivity (Wildman–Crippen MR) is 106 cm³/mol. The second-order valence-electron chi connectivity index (χ2n) is 10.1. The van der Waals surface area contributed by atoms with Crippen molar-refractivity contribution in [2.45, 2.75) is 78.2 Å². The third-order valence-electron chi connectivity index (χ3n) is 8.94. The Morgan fingerprint density at radius 3 is 2.43 bits per heavy atom. The maximum absolute atomic E-state index is 12.8. The standard InChI is InChI=1S/C24H32O4/c1-14-12-18-19(22(4)9-6-17(27)13-21(14)22)7-10-23(5)20(18)8-11-24(23,15(2)25)28-16(3)26/h13,18-20H,1,6-12H2,2-5H3/t18-,19+,20+,22+,23-,24+/m1/s1. The van der Waals surface area contributed by atoms with E-state index in [0.717, 1.165) is 37.7 Å². The molecule has 0 aromatic heterocycles. The highest BCUT2D eigenvalue weighted by atomic mass is 16.6. The number of ketones is 2. The number of allylic oxidation sites excluding steroid dienone is 2. The molecule has 3 saturated carbocycles. The Bertz CT molecular complexity index is 807.